The second kappa shape index (κ2) is 5.47. The predicted octanol–water partition coefficient (Wildman–Crippen LogP) is 5.31. The van der Waals surface area contributed by atoms with Gasteiger partial charge in [0.2, 0.25) is 0 Å². The topological polar surface area (TPSA) is 12.0 Å². The lowest BCUT2D eigenvalue weighted by atomic mass is 9.84. The quantitative estimate of drug-likeness (QED) is 0.809. The summed E-state index contributed by atoms with van der Waals surface area (Å²) < 4.78 is 0. The van der Waals surface area contributed by atoms with E-state index in [2.05, 4.69) is 68.6 Å². The lowest BCUT2D eigenvalue weighted by molar-refractivity contribution is 0.252. The fourth-order valence-electron chi connectivity index (χ4n) is 3.41. The van der Waals surface area contributed by atoms with Gasteiger partial charge in [0.05, 0.1) is 0 Å². The number of rotatable bonds is 3. The summed E-state index contributed by atoms with van der Waals surface area (Å²) >= 11 is 6.21. The van der Waals surface area contributed by atoms with Gasteiger partial charge in [0.15, 0.2) is 0 Å². The highest BCUT2D eigenvalue weighted by Crippen LogP contribution is 2.46. The molecule has 2 aromatic rings. The van der Waals surface area contributed by atoms with Crippen molar-refractivity contribution in [2.75, 3.05) is 0 Å². The van der Waals surface area contributed by atoms with E-state index in [0.29, 0.717) is 12.1 Å². The maximum absolute atomic E-state index is 6.21. The maximum atomic E-state index is 6.21. The smallest absolute Gasteiger partial charge is 0.0409 e. The summed E-state index contributed by atoms with van der Waals surface area (Å²) in [6, 6.07) is 17.6. The van der Waals surface area contributed by atoms with E-state index in [4.69, 9.17) is 11.6 Å². The van der Waals surface area contributed by atoms with E-state index in [-0.39, 0.29) is 5.41 Å². The van der Waals surface area contributed by atoms with Crippen LogP contribution < -0.4 is 5.32 Å². The Balaban J connectivity index is 1.89. The van der Waals surface area contributed by atoms with E-state index >= 15 is 0 Å². The Morgan fingerprint density at radius 1 is 1.14 bits per heavy atom. The third-order valence-corrected chi connectivity index (χ3v) is 4.80. The van der Waals surface area contributed by atoms with Crippen LogP contribution in [-0.4, -0.2) is 0 Å². The summed E-state index contributed by atoms with van der Waals surface area (Å²) in [7, 11) is 0. The Morgan fingerprint density at radius 3 is 2.57 bits per heavy atom. The Hall–Kier alpha value is -1.31. The van der Waals surface area contributed by atoms with Gasteiger partial charge >= 0.3 is 0 Å². The maximum Gasteiger partial charge on any atom is 0.0409 e. The molecule has 0 radical (unpaired) electrons. The van der Waals surface area contributed by atoms with Crippen LogP contribution in [0.1, 0.15) is 49.5 Å². The molecule has 0 saturated carbocycles. The summed E-state index contributed by atoms with van der Waals surface area (Å²) in [5.74, 6) is 0. The Bertz CT molecular complexity index is 633. The monoisotopic (exact) mass is 299 g/mol. The van der Waals surface area contributed by atoms with Crippen LogP contribution in [0.2, 0.25) is 5.02 Å². The molecule has 2 unspecified atom stereocenters. The molecule has 1 aliphatic carbocycles. The van der Waals surface area contributed by atoms with E-state index in [1.165, 1.54) is 16.7 Å². The normalized spacial score (nSPS) is 21.0. The molecule has 0 fully saturated rings. The average molecular weight is 300 g/mol. The molecule has 0 aliphatic heterocycles. The molecular weight excluding hydrogens is 278 g/mol. The number of hydrogen-bond donors (Lipinski definition) is 1. The second-order valence-corrected chi connectivity index (χ2v) is 7.18. The van der Waals surface area contributed by atoms with Crippen LogP contribution in [0.15, 0.2) is 48.5 Å². The van der Waals surface area contributed by atoms with Crippen molar-refractivity contribution < 1.29 is 0 Å². The fraction of sp³-hybridized carbons (Fsp3) is 0.368. The number of fused-ring (bicyclic) bond motifs is 1. The van der Waals surface area contributed by atoms with Gasteiger partial charge in [-0.05, 0) is 47.6 Å². The first-order chi connectivity index (χ1) is 9.97. The molecule has 3 rings (SSSR count). The summed E-state index contributed by atoms with van der Waals surface area (Å²) in [6.45, 7) is 6.89. The van der Waals surface area contributed by atoms with Crippen LogP contribution in [0.25, 0.3) is 0 Å². The van der Waals surface area contributed by atoms with Gasteiger partial charge in [-0.3, -0.25) is 0 Å². The van der Waals surface area contributed by atoms with Gasteiger partial charge in [-0.1, -0.05) is 61.8 Å². The van der Waals surface area contributed by atoms with Crippen molar-refractivity contribution in [1.29, 1.82) is 0 Å². The van der Waals surface area contributed by atoms with Gasteiger partial charge in [-0.25, -0.2) is 0 Å². The van der Waals surface area contributed by atoms with E-state index < -0.39 is 0 Å². The molecule has 1 aliphatic rings. The fourth-order valence-corrected chi connectivity index (χ4v) is 3.59. The number of halogens is 1. The van der Waals surface area contributed by atoms with Gasteiger partial charge in [0.1, 0.15) is 0 Å². The SMILES string of the molecule is CC(NC1c2cc(Cl)ccc2CC1(C)C)c1ccccc1. The summed E-state index contributed by atoms with van der Waals surface area (Å²) in [5, 5.41) is 4.63. The summed E-state index contributed by atoms with van der Waals surface area (Å²) in [4.78, 5) is 0. The highest BCUT2D eigenvalue weighted by Gasteiger charge is 2.39. The van der Waals surface area contributed by atoms with Gasteiger partial charge in [0.25, 0.3) is 0 Å². The standard InChI is InChI=1S/C19H22ClN/c1-13(14-7-5-4-6-8-14)21-18-17-11-16(20)10-9-15(17)12-19(18,2)3/h4-11,13,18,21H,12H2,1-3H3. The molecule has 21 heavy (non-hydrogen) atoms. The number of nitrogens with one attached hydrogen (secondary N) is 1. The largest absolute Gasteiger partial charge is 0.303 e. The average Bonchev–Trinajstić information content (AvgIpc) is 2.71. The number of benzene rings is 2. The highest BCUT2D eigenvalue weighted by atomic mass is 35.5. The molecule has 1 nitrogen and oxygen atoms in total. The molecule has 0 bridgehead atoms. The van der Waals surface area contributed by atoms with Gasteiger partial charge in [-0.15, -0.1) is 0 Å². The zero-order chi connectivity index (χ0) is 15.0. The van der Waals surface area contributed by atoms with Gasteiger partial charge in [-0.2, -0.15) is 0 Å². The van der Waals surface area contributed by atoms with E-state index in [9.17, 15) is 0 Å². The molecule has 2 heteroatoms. The van der Waals surface area contributed by atoms with Crippen LogP contribution in [0.5, 0.6) is 0 Å². The summed E-state index contributed by atoms with van der Waals surface area (Å²) in [5.41, 5.74) is 4.30. The zero-order valence-electron chi connectivity index (χ0n) is 12.9. The Labute approximate surface area is 132 Å². The molecule has 0 aromatic heterocycles. The molecule has 2 aromatic carbocycles. The van der Waals surface area contributed by atoms with Crippen LogP contribution in [0.3, 0.4) is 0 Å². The van der Waals surface area contributed by atoms with Crippen molar-refractivity contribution in [3.8, 4) is 0 Å². The predicted molar refractivity (Wildman–Crippen MR) is 89.7 cm³/mol. The first kappa shape index (κ1) is 14.6. The second-order valence-electron chi connectivity index (χ2n) is 6.74. The van der Waals surface area contributed by atoms with Crippen molar-refractivity contribution in [3.05, 3.63) is 70.2 Å². The molecule has 0 saturated heterocycles. The molecular formula is C19H22ClN. The Morgan fingerprint density at radius 2 is 1.86 bits per heavy atom. The van der Waals surface area contributed by atoms with Crippen molar-refractivity contribution in [1.82, 2.24) is 5.32 Å². The molecule has 0 amide bonds. The summed E-state index contributed by atoms with van der Waals surface area (Å²) in [6.07, 6.45) is 1.10. The van der Waals surface area contributed by atoms with E-state index in [0.717, 1.165) is 11.4 Å². The highest BCUT2D eigenvalue weighted by molar-refractivity contribution is 6.30. The number of hydrogen-bond acceptors (Lipinski definition) is 1. The van der Waals surface area contributed by atoms with Crippen LogP contribution in [0, 0.1) is 5.41 Å². The third kappa shape index (κ3) is 2.86. The van der Waals surface area contributed by atoms with Crippen molar-refractivity contribution >= 4 is 11.6 Å². The molecule has 1 N–H and O–H groups in total. The van der Waals surface area contributed by atoms with Crippen molar-refractivity contribution in [2.45, 2.75) is 39.3 Å². The zero-order valence-corrected chi connectivity index (χ0v) is 13.6. The van der Waals surface area contributed by atoms with E-state index in [1.54, 1.807) is 0 Å². The van der Waals surface area contributed by atoms with E-state index in [1.807, 2.05) is 6.07 Å². The third-order valence-electron chi connectivity index (χ3n) is 4.56. The van der Waals surface area contributed by atoms with Gasteiger partial charge < -0.3 is 5.32 Å². The lowest BCUT2D eigenvalue weighted by Gasteiger charge is -2.31. The first-order valence-corrected chi connectivity index (χ1v) is 7.94. The molecule has 0 heterocycles. The van der Waals surface area contributed by atoms with Crippen molar-refractivity contribution in [3.63, 3.8) is 0 Å². The first-order valence-electron chi connectivity index (χ1n) is 7.57. The lowest BCUT2D eigenvalue weighted by Crippen LogP contribution is -2.33. The van der Waals surface area contributed by atoms with Gasteiger partial charge in [0, 0.05) is 17.1 Å². The molecule has 2 atom stereocenters. The van der Waals surface area contributed by atoms with Crippen LogP contribution in [0.4, 0.5) is 0 Å². The minimum absolute atomic E-state index is 0.204. The van der Waals surface area contributed by atoms with Crippen LogP contribution >= 0.6 is 11.6 Å². The van der Waals surface area contributed by atoms with Crippen molar-refractivity contribution in [2.24, 2.45) is 5.41 Å². The van der Waals surface area contributed by atoms with Crippen LogP contribution in [-0.2, 0) is 6.42 Å². The minimum Gasteiger partial charge on any atom is -0.303 e. The molecule has 0 spiro atoms. The Kier molecular flexibility index (Phi) is 3.81. The molecule has 110 valence electrons. The minimum atomic E-state index is 0.204.